The Labute approximate surface area is 168 Å². The molecule has 0 N–H and O–H groups in total. The predicted octanol–water partition coefficient (Wildman–Crippen LogP) is 5.55. The molecule has 28 heavy (non-hydrogen) atoms. The first-order valence-corrected chi connectivity index (χ1v) is 10.7. The van der Waals surface area contributed by atoms with Gasteiger partial charge in [-0.3, -0.25) is 4.90 Å². The molecule has 1 aliphatic heterocycles. The van der Waals surface area contributed by atoms with Gasteiger partial charge in [-0.1, -0.05) is 13.8 Å². The molecule has 3 nitrogen and oxygen atoms in total. The van der Waals surface area contributed by atoms with E-state index >= 15 is 0 Å². The molecule has 0 radical (unpaired) electrons. The minimum atomic E-state index is -0.505. The Morgan fingerprint density at radius 1 is 1.07 bits per heavy atom. The van der Waals surface area contributed by atoms with Gasteiger partial charge in [0, 0.05) is 22.9 Å². The highest BCUT2D eigenvalue weighted by Gasteiger charge is 2.22. The summed E-state index contributed by atoms with van der Waals surface area (Å²) in [5.74, 6) is 0.0762. The number of likely N-dealkylation sites (tertiary alicyclic amines) is 1. The van der Waals surface area contributed by atoms with Crippen LogP contribution in [0.15, 0.2) is 30.6 Å². The van der Waals surface area contributed by atoms with E-state index in [1.165, 1.54) is 22.4 Å². The zero-order valence-electron chi connectivity index (χ0n) is 16.3. The lowest BCUT2D eigenvalue weighted by atomic mass is 9.91. The summed E-state index contributed by atoms with van der Waals surface area (Å²) in [5.41, 5.74) is 1.85. The van der Waals surface area contributed by atoms with Crippen molar-refractivity contribution in [1.82, 2.24) is 14.9 Å². The van der Waals surface area contributed by atoms with Crippen molar-refractivity contribution in [3.8, 4) is 0 Å². The van der Waals surface area contributed by atoms with Gasteiger partial charge in [0.05, 0.1) is 5.69 Å². The van der Waals surface area contributed by atoms with E-state index in [-0.39, 0.29) is 0 Å². The molecule has 1 saturated heterocycles. The standard InChI is InChI=1S/C22H25F2N3S/c1-14(2)21-11-19-20(25-13-26-22(19)28-21)9-15-3-5-27(6-4-15)12-16-7-17(23)10-18(24)8-16/h7-8,10-11,13-15H,3-6,9,12H2,1-2H3. The first kappa shape index (κ1) is 19.4. The average Bonchev–Trinajstić information content (AvgIpc) is 3.08. The van der Waals surface area contributed by atoms with Gasteiger partial charge in [-0.05, 0) is 68.0 Å². The van der Waals surface area contributed by atoms with Gasteiger partial charge in [-0.25, -0.2) is 18.7 Å². The fraction of sp³-hybridized carbons (Fsp3) is 0.455. The lowest BCUT2D eigenvalue weighted by molar-refractivity contribution is 0.176. The first-order valence-electron chi connectivity index (χ1n) is 9.88. The summed E-state index contributed by atoms with van der Waals surface area (Å²) in [7, 11) is 0. The highest BCUT2D eigenvalue weighted by molar-refractivity contribution is 7.18. The number of aromatic nitrogens is 2. The summed E-state index contributed by atoms with van der Waals surface area (Å²) in [6.45, 7) is 6.90. The Hall–Kier alpha value is -1.92. The first-order chi connectivity index (χ1) is 13.5. The van der Waals surface area contributed by atoms with Crippen LogP contribution in [-0.4, -0.2) is 28.0 Å². The molecule has 0 bridgehead atoms. The van der Waals surface area contributed by atoms with Crippen LogP contribution in [0.3, 0.4) is 0 Å². The second-order valence-electron chi connectivity index (χ2n) is 8.04. The van der Waals surface area contributed by atoms with Crippen molar-refractivity contribution in [1.29, 1.82) is 0 Å². The zero-order valence-corrected chi connectivity index (χ0v) is 17.1. The predicted molar refractivity (Wildman–Crippen MR) is 110 cm³/mol. The van der Waals surface area contributed by atoms with Crippen LogP contribution >= 0.6 is 11.3 Å². The minimum Gasteiger partial charge on any atom is -0.299 e. The minimum absolute atomic E-state index is 0.503. The Morgan fingerprint density at radius 3 is 2.46 bits per heavy atom. The molecular weight excluding hydrogens is 376 g/mol. The highest BCUT2D eigenvalue weighted by atomic mass is 32.1. The van der Waals surface area contributed by atoms with E-state index in [0.29, 0.717) is 23.9 Å². The number of fused-ring (bicyclic) bond motifs is 1. The van der Waals surface area contributed by atoms with E-state index in [4.69, 9.17) is 0 Å². The van der Waals surface area contributed by atoms with E-state index in [0.717, 1.165) is 48.9 Å². The molecule has 2 aromatic heterocycles. The van der Waals surface area contributed by atoms with Gasteiger partial charge >= 0.3 is 0 Å². The van der Waals surface area contributed by atoms with Crippen LogP contribution in [0.5, 0.6) is 0 Å². The molecule has 3 heterocycles. The van der Waals surface area contributed by atoms with Crippen molar-refractivity contribution in [2.45, 2.75) is 45.6 Å². The van der Waals surface area contributed by atoms with Gasteiger partial charge in [0.2, 0.25) is 0 Å². The van der Waals surface area contributed by atoms with Gasteiger partial charge in [-0.15, -0.1) is 11.3 Å². The normalized spacial score (nSPS) is 16.3. The van der Waals surface area contributed by atoms with E-state index in [1.54, 1.807) is 17.7 Å². The van der Waals surface area contributed by atoms with Crippen molar-refractivity contribution < 1.29 is 8.78 Å². The molecule has 0 atom stereocenters. The molecule has 0 amide bonds. The molecule has 4 rings (SSSR count). The van der Waals surface area contributed by atoms with Gasteiger partial charge in [0.15, 0.2) is 0 Å². The largest absolute Gasteiger partial charge is 0.299 e. The Balaban J connectivity index is 1.39. The van der Waals surface area contributed by atoms with Crippen LogP contribution in [-0.2, 0) is 13.0 Å². The molecule has 3 aromatic rings. The fourth-order valence-corrected chi connectivity index (χ4v) is 4.98. The lowest BCUT2D eigenvalue weighted by Gasteiger charge is -2.32. The van der Waals surface area contributed by atoms with Gasteiger partial charge in [0.25, 0.3) is 0 Å². The molecule has 1 fully saturated rings. The van der Waals surface area contributed by atoms with Crippen molar-refractivity contribution in [3.63, 3.8) is 0 Å². The molecule has 0 aliphatic carbocycles. The lowest BCUT2D eigenvalue weighted by Crippen LogP contribution is -2.34. The maximum absolute atomic E-state index is 13.4. The third-order valence-electron chi connectivity index (χ3n) is 5.52. The molecule has 1 aromatic carbocycles. The van der Waals surface area contributed by atoms with Gasteiger partial charge in [0.1, 0.15) is 22.8 Å². The van der Waals surface area contributed by atoms with Crippen LogP contribution in [0.2, 0.25) is 0 Å². The summed E-state index contributed by atoms with van der Waals surface area (Å²) in [4.78, 5) is 13.7. The van der Waals surface area contributed by atoms with E-state index in [2.05, 4.69) is 34.8 Å². The Kier molecular flexibility index (Phi) is 5.69. The summed E-state index contributed by atoms with van der Waals surface area (Å²) >= 11 is 1.76. The molecule has 6 heteroatoms. The summed E-state index contributed by atoms with van der Waals surface area (Å²) in [5, 5.41) is 1.20. The Bertz CT molecular complexity index is 941. The molecule has 0 unspecified atom stereocenters. The van der Waals surface area contributed by atoms with Crippen LogP contribution in [0.25, 0.3) is 10.2 Å². The smallest absolute Gasteiger partial charge is 0.127 e. The number of hydrogen-bond donors (Lipinski definition) is 0. The van der Waals surface area contributed by atoms with Gasteiger partial charge in [-0.2, -0.15) is 0 Å². The second-order valence-corrected chi connectivity index (χ2v) is 9.11. The number of benzene rings is 1. The van der Waals surface area contributed by atoms with E-state index in [1.807, 2.05) is 0 Å². The molecular formula is C22H25F2N3S. The number of thiophene rings is 1. The highest BCUT2D eigenvalue weighted by Crippen LogP contribution is 2.32. The maximum Gasteiger partial charge on any atom is 0.127 e. The monoisotopic (exact) mass is 401 g/mol. The quantitative estimate of drug-likeness (QED) is 0.561. The molecule has 148 valence electrons. The van der Waals surface area contributed by atoms with Crippen LogP contribution in [0, 0.1) is 17.6 Å². The number of halogens is 2. The summed E-state index contributed by atoms with van der Waals surface area (Å²) in [6.07, 6.45) is 4.80. The summed E-state index contributed by atoms with van der Waals surface area (Å²) in [6, 6.07) is 6.03. The van der Waals surface area contributed by atoms with Crippen LogP contribution in [0.1, 0.15) is 48.7 Å². The van der Waals surface area contributed by atoms with Crippen molar-refractivity contribution >= 4 is 21.6 Å². The van der Waals surface area contributed by atoms with E-state index in [9.17, 15) is 8.78 Å². The third kappa shape index (κ3) is 4.39. The zero-order chi connectivity index (χ0) is 19.7. The maximum atomic E-state index is 13.4. The fourth-order valence-electron chi connectivity index (χ4n) is 3.95. The number of nitrogens with zero attached hydrogens (tertiary/aromatic N) is 3. The van der Waals surface area contributed by atoms with Crippen molar-refractivity contribution in [3.05, 3.63) is 58.4 Å². The SMILES string of the molecule is CC(C)c1cc2c(CC3CCN(Cc4cc(F)cc(F)c4)CC3)ncnc2s1. The third-order valence-corrected chi connectivity index (χ3v) is 6.86. The number of rotatable bonds is 5. The van der Waals surface area contributed by atoms with Crippen molar-refractivity contribution in [2.24, 2.45) is 5.92 Å². The van der Waals surface area contributed by atoms with E-state index < -0.39 is 11.6 Å². The van der Waals surface area contributed by atoms with Crippen LogP contribution in [0.4, 0.5) is 8.78 Å². The molecule has 0 saturated carbocycles. The Morgan fingerprint density at radius 2 is 1.79 bits per heavy atom. The number of hydrogen-bond acceptors (Lipinski definition) is 4. The molecule has 0 spiro atoms. The average molecular weight is 402 g/mol. The molecule has 1 aliphatic rings. The van der Waals surface area contributed by atoms with Crippen molar-refractivity contribution in [2.75, 3.05) is 13.1 Å². The van der Waals surface area contributed by atoms with Crippen LogP contribution < -0.4 is 0 Å². The topological polar surface area (TPSA) is 29.0 Å². The van der Waals surface area contributed by atoms with Gasteiger partial charge < -0.3 is 0 Å². The number of piperidine rings is 1. The second kappa shape index (κ2) is 8.21. The summed E-state index contributed by atoms with van der Waals surface area (Å²) < 4.78 is 26.8.